The van der Waals surface area contributed by atoms with Gasteiger partial charge in [0, 0.05) is 31.6 Å². The Labute approximate surface area is 189 Å². The van der Waals surface area contributed by atoms with E-state index in [9.17, 15) is 4.79 Å². The van der Waals surface area contributed by atoms with Crippen molar-refractivity contribution in [3.63, 3.8) is 0 Å². The van der Waals surface area contributed by atoms with Crippen LogP contribution < -0.4 is 11.1 Å². The number of nitrogens with zero attached hydrogens (tertiary/aromatic N) is 3. The smallest absolute Gasteiger partial charge is 0.226 e. The number of piperidine rings is 1. The van der Waals surface area contributed by atoms with Crippen molar-refractivity contribution in [2.45, 2.75) is 39.7 Å². The molecule has 2 heterocycles. The van der Waals surface area contributed by atoms with Gasteiger partial charge in [-0.1, -0.05) is 17.7 Å². The van der Waals surface area contributed by atoms with Crippen LogP contribution in [0.2, 0.25) is 0 Å². The topological polar surface area (TPSA) is 96.8 Å². The lowest BCUT2D eigenvalue weighted by Crippen LogP contribution is -2.47. The van der Waals surface area contributed by atoms with Gasteiger partial charge < -0.3 is 20.4 Å². The fraction of sp³-hybridized carbons (Fsp3) is 0.476. The van der Waals surface area contributed by atoms with Crippen LogP contribution in [0.1, 0.15) is 37.4 Å². The maximum atomic E-state index is 11.3. The Morgan fingerprint density at radius 1 is 1.38 bits per heavy atom. The van der Waals surface area contributed by atoms with Crippen LogP contribution in [0, 0.1) is 12.8 Å². The molecule has 1 atom stereocenters. The van der Waals surface area contributed by atoms with E-state index in [-0.39, 0.29) is 35.8 Å². The third-order valence-electron chi connectivity index (χ3n) is 4.88. The summed E-state index contributed by atoms with van der Waals surface area (Å²) in [5.41, 5.74) is 8.32. The van der Waals surface area contributed by atoms with Gasteiger partial charge in [0.1, 0.15) is 12.0 Å². The van der Waals surface area contributed by atoms with E-state index in [0.29, 0.717) is 18.9 Å². The number of carbonyl (C=O) groups is 1. The average Bonchev–Trinajstić information content (AvgIpc) is 3.14. The van der Waals surface area contributed by atoms with Crippen LogP contribution >= 0.6 is 24.0 Å². The van der Waals surface area contributed by atoms with Crippen molar-refractivity contribution in [2.75, 3.05) is 19.6 Å². The third-order valence-corrected chi connectivity index (χ3v) is 4.88. The second kappa shape index (κ2) is 11.2. The van der Waals surface area contributed by atoms with Crippen molar-refractivity contribution in [1.82, 2.24) is 15.2 Å². The standard InChI is InChI=1S/C21H29N5O2.HI/c1-3-23-21(26-10-4-5-16(13-26)11-19(22)27)24-12-18-14-28-20(25-18)17-8-6-15(2)7-9-17;/h6-9,14,16H,3-5,10-13H2,1-2H3,(H2,22,27)(H,23,24);1H. The number of hydrogen-bond acceptors (Lipinski definition) is 4. The first-order valence-corrected chi connectivity index (χ1v) is 9.88. The molecule has 7 nitrogen and oxygen atoms in total. The monoisotopic (exact) mass is 511 g/mol. The number of hydrogen-bond donors (Lipinski definition) is 2. The van der Waals surface area contributed by atoms with Gasteiger partial charge in [0.2, 0.25) is 11.8 Å². The lowest BCUT2D eigenvalue weighted by Gasteiger charge is -2.34. The second-order valence-corrected chi connectivity index (χ2v) is 7.30. The highest BCUT2D eigenvalue weighted by Gasteiger charge is 2.23. The van der Waals surface area contributed by atoms with Crippen molar-refractivity contribution in [3.05, 3.63) is 41.8 Å². The number of primary amides is 1. The minimum atomic E-state index is -0.236. The predicted octanol–water partition coefficient (Wildman–Crippen LogP) is 3.32. The number of nitrogens with one attached hydrogen (secondary N) is 1. The highest BCUT2D eigenvalue weighted by molar-refractivity contribution is 14.0. The summed E-state index contributed by atoms with van der Waals surface area (Å²) >= 11 is 0. The quantitative estimate of drug-likeness (QED) is 0.353. The zero-order valence-corrected chi connectivity index (χ0v) is 19.4. The summed E-state index contributed by atoms with van der Waals surface area (Å²) in [6.07, 6.45) is 4.15. The van der Waals surface area contributed by atoms with Gasteiger partial charge >= 0.3 is 0 Å². The summed E-state index contributed by atoms with van der Waals surface area (Å²) in [5.74, 6) is 1.50. The van der Waals surface area contributed by atoms with Crippen LogP contribution in [0.4, 0.5) is 0 Å². The van der Waals surface area contributed by atoms with Crippen molar-refractivity contribution < 1.29 is 9.21 Å². The number of oxazole rings is 1. The summed E-state index contributed by atoms with van der Waals surface area (Å²) < 4.78 is 5.62. The number of benzene rings is 1. The molecule has 0 aliphatic carbocycles. The fourth-order valence-electron chi connectivity index (χ4n) is 3.50. The lowest BCUT2D eigenvalue weighted by atomic mass is 9.95. The highest BCUT2D eigenvalue weighted by Crippen LogP contribution is 2.21. The van der Waals surface area contributed by atoms with Gasteiger partial charge in [-0.05, 0) is 44.7 Å². The van der Waals surface area contributed by atoms with Crippen LogP contribution in [-0.4, -0.2) is 41.4 Å². The van der Waals surface area contributed by atoms with Gasteiger partial charge in [-0.2, -0.15) is 0 Å². The molecule has 1 amide bonds. The Morgan fingerprint density at radius 3 is 2.83 bits per heavy atom. The fourth-order valence-corrected chi connectivity index (χ4v) is 3.50. The van der Waals surface area contributed by atoms with E-state index in [1.165, 1.54) is 5.56 Å². The molecule has 3 N–H and O–H groups in total. The molecule has 1 unspecified atom stereocenters. The maximum absolute atomic E-state index is 11.3. The van der Waals surface area contributed by atoms with Crippen LogP contribution in [0.5, 0.6) is 0 Å². The van der Waals surface area contributed by atoms with E-state index < -0.39 is 0 Å². The Hall–Kier alpha value is -2.10. The molecule has 1 fully saturated rings. The first-order valence-electron chi connectivity index (χ1n) is 9.88. The Bertz CT molecular complexity index is 819. The van der Waals surface area contributed by atoms with Gasteiger partial charge in [0.05, 0.1) is 6.54 Å². The van der Waals surface area contributed by atoms with Gasteiger partial charge in [-0.25, -0.2) is 9.98 Å². The molecule has 1 aliphatic rings. The average molecular weight is 511 g/mol. The molecule has 0 saturated carbocycles. The van der Waals surface area contributed by atoms with Gasteiger partial charge in [0.25, 0.3) is 0 Å². The van der Waals surface area contributed by atoms with Crippen molar-refractivity contribution in [3.8, 4) is 11.5 Å². The van der Waals surface area contributed by atoms with Crippen LogP contribution in [-0.2, 0) is 11.3 Å². The van der Waals surface area contributed by atoms with E-state index in [2.05, 4.69) is 22.1 Å². The summed E-state index contributed by atoms with van der Waals surface area (Å²) in [4.78, 5) is 22.8. The first kappa shape index (κ1) is 23.2. The number of aromatic nitrogens is 1. The Kier molecular flexibility index (Phi) is 8.94. The molecule has 0 spiro atoms. The maximum Gasteiger partial charge on any atom is 0.226 e. The first-order chi connectivity index (χ1) is 13.5. The number of carbonyl (C=O) groups excluding carboxylic acids is 1. The number of aliphatic imine (C=N–C) groups is 1. The molecular weight excluding hydrogens is 481 g/mol. The van der Waals surface area contributed by atoms with E-state index in [1.807, 2.05) is 31.2 Å². The Morgan fingerprint density at radius 2 is 2.14 bits per heavy atom. The van der Waals surface area contributed by atoms with Crippen molar-refractivity contribution >= 4 is 35.8 Å². The molecule has 0 radical (unpaired) electrons. The minimum absolute atomic E-state index is 0. The summed E-state index contributed by atoms with van der Waals surface area (Å²) in [6, 6.07) is 8.09. The second-order valence-electron chi connectivity index (χ2n) is 7.30. The van der Waals surface area contributed by atoms with Crippen LogP contribution in [0.25, 0.3) is 11.5 Å². The molecule has 2 aromatic rings. The third kappa shape index (κ3) is 6.73. The zero-order valence-electron chi connectivity index (χ0n) is 17.1. The number of likely N-dealkylation sites (tertiary alicyclic amines) is 1. The normalized spacial score (nSPS) is 17.0. The highest BCUT2D eigenvalue weighted by atomic mass is 127. The Balaban J connectivity index is 0.00000300. The van der Waals surface area contributed by atoms with E-state index in [4.69, 9.17) is 15.1 Å². The number of rotatable bonds is 6. The molecule has 29 heavy (non-hydrogen) atoms. The number of guanidine groups is 1. The predicted molar refractivity (Wildman–Crippen MR) is 125 cm³/mol. The molecule has 1 saturated heterocycles. The molecule has 0 bridgehead atoms. The van der Waals surface area contributed by atoms with Gasteiger partial charge in [0.15, 0.2) is 5.96 Å². The largest absolute Gasteiger partial charge is 0.444 e. The molecule has 8 heteroatoms. The molecule has 158 valence electrons. The van der Waals surface area contributed by atoms with Crippen molar-refractivity contribution in [2.24, 2.45) is 16.6 Å². The van der Waals surface area contributed by atoms with E-state index in [0.717, 1.165) is 49.7 Å². The summed E-state index contributed by atoms with van der Waals surface area (Å²) in [5, 5.41) is 3.34. The zero-order chi connectivity index (χ0) is 19.9. The molecule has 1 aromatic carbocycles. The lowest BCUT2D eigenvalue weighted by molar-refractivity contribution is -0.119. The van der Waals surface area contributed by atoms with Crippen molar-refractivity contribution in [1.29, 1.82) is 0 Å². The summed E-state index contributed by atoms with van der Waals surface area (Å²) in [6.45, 7) is 7.04. The van der Waals surface area contributed by atoms with Crippen LogP contribution in [0.15, 0.2) is 39.9 Å². The van der Waals surface area contributed by atoms with E-state index >= 15 is 0 Å². The molecular formula is C21H30IN5O2. The summed E-state index contributed by atoms with van der Waals surface area (Å²) in [7, 11) is 0. The number of halogens is 1. The van der Waals surface area contributed by atoms with Gasteiger partial charge in [-0.3, -0.25) is 4.79 Å². The SMILES string of the molecule is CCNC(=NCc1coc(-c2ccc(C)cc2)n1)N1CCCC(CC(N)=O)C1.I. The molecule has 3 rings (SSSR count). The molecule has 1 aliphatic heterocycles. The molecule has 1 aromatic heterocycles. The number of aryl methyl sites for hydroxylation is 1. The van der Waals surface area contributed by atoms with E-state index in [1.54, 1.807) is 6.26 Å². The number of nitrogens with two attached hydrogens (primary N) is 1. The van der Waals surface area contributed by atoms with Crippen LogP contribution in [0.3, 0.4) is 0 Å². The number of amides is 1. The minimum Gasteiger partial charge on any atom is -0.444 e. The van der Waals surface area contributed by atoms with Gasteiger partial charge in [-0.15, -0.1) is 24.0 Å².